The summed E-state index contributed by atoms with van der Waals surface area (Å²) in [5.74, 6) is 0. The Morgan fingerprint density at radius 1 is 1.00 bits per heavy atom. The first kappa shape index (κ1) is 19.7. The summed E-state index contributed by atoms with van der Waals surface area (Å²) in [7, 11) is 2.21. The third kappa shape index (κ3) is 3.23. The van der Waals surface area contributed by atoms with Crippen LogP contribution < -0.4 is 4.90 Å². The molecule has 2 aromatic carbocycles. The Balaban J connectivity index is 1.85. The molecule has 1 saturated heterocycles. The number of hydrogen-bond donors (Lipinski definition) is 0. The summed E-state index contributed by atoms with van der Waals surface area (Å²) in [5.41, 5.74) is 5.09. The molecule has 0 bridgehead atoms. The molecular formula is C24H29ClN2S. The third-order valence-electron chi connectivity index (χ3n) is 6.77. The van der Waals surface area contributed by atoms with Gasteiger partial charge in [-0.3, -0.25) is 0 Å². The second kappa shape index (κ2) is 7.03. The van der Waals surface area contributed by atoms with E-state index in [4.69, 9.17) is 23.8 Å². The number of hydrogen-bond acceptors (Lipinski definition) is 2. The van der Waals surface area contributed by atoms with Crippen LogP contribution in [0.5, 0.6) is 0 Å². The molecule has 28 heavy (non-hydrogen) atoms. The highest BCUT2D eigenvalue weighted by atomic mass is 35.5. The van der Waals surface area contributed by atoms with Crippen LogP contribution in [0.3, 0.4) is 0 Å². The molecule has 1 fully saturated rings. The summed E-state index contributed by atoms with van der Waals surface area (Å²) in [6.07, 6.45) is 3.51. The standard InChI is InChI=1S/C24H29ClN2S/c1-23(2)16-24(3,18-8-10-19(25)11-9-18)20-15-17(7-12-21(20)26(23)4)22(28)27-13-5-6-14-27/h7-12,15H,5-6,13-14,16H2,1-4H3. The topological polar surface area (TPSA) is 6.48 Å². The van der Waals surface area contributed by atoms with Crippen molar-refractivity contribution in [1.82, 2.24) is 4.90 Å². The van der Waals surface area contributed by atoms with Gasteiger partial charge in [0, 0.05) is 47.4 Å². The minimum atomic E-state index is -0.0907. The molecule has 1 unspecified atom stereocenters. The van der Waals surface area contributed by atoms with Crippen LogP contribution in [0.25, 0.3) is 0 Å². The zero-order valence-corrected chi connectivity index (χ0v) is 18.8. The van der Waals surface area contributed by atoms with Crippen molar-refractivity contribution in [2.45, 2.75) is 51.0 Å². The molecule has 2 nitrogen and oxygen atoms in total. The predicted molar refractivity (Wildman–Crippen MR) is 124 cm³/mol. The van der Waals surface area contributed by atoms with Crippen LogP contribution in [0.1, 0.15) is 56.7 Å². The van der Waals surface area contributed by atoms with Gasteiger partial charge in [-0.05, 0) is 74.6 Å². The predicted octanol–water partition coefficient (Wildman–Crippen LogP) is 6.04. The van der Waals surface area contributed by atoms with E-state index < -0.39 is 0 Å². The summed E-state index contributed by atoms with van der Waals surface area (Å²) >= 11 is 12.0. The van der Waals surface area contributed by atoms with Gasteiger partial charge < -0.3 is 9.80 Å². The fourth-order valence-corrected chi connectivity index (χ4v) is 5.42. The molecule has 2 aliphatic rings. The van der Waals surface area contributed by atoms with Crippen LogP contribution in [0.2, 0.25) is 5.02 Å². The molecule has 4 heteroatoms. The number of nitrogens with zero attached hydrogens (tertiary/aromatic N) is 2. The quantitative estimate of drug-likeness (QED) is 0.555. The molecule has 0 radical (unpaired) electrons. The highest BCUT2D eigenvalue weighted by Gasteiger charge is 2.44. The normalized spacial score (nSPS) is 23.6. The third-order valence-corrected chi connectivity index (χ3v) is 7.51. The van der Waals surface area contributed by atoms with E-state index in [0.717, 1.165) is 29.5 Å². The molecule has 0 saturated carbocycles. The SMILES string of the molecule is CN1c2ccc(C(=S)N3CCCC3)cc2C(C)(c2ccc(Cl)cc2)CC1(C)C. The first-order valence-corrected chi connectivity index (χ1v) is 10.9. The van der Waals surface area contributed by atoms with Crippen LogP contribution in [0.15, 0.2) is 42.5 Å². The van der Waals surface area contributed by atoms with Gasteiger partial charge in [-0.15, -0.1) is 0 Å². The van der Waals surface area contributed by atoms with Crippen molar-refractivity contribution in [1.29, 1.82) is 0 Å². The minimum absolute atomic E-state index is 0.0539. The van der Waals surface area contributed by atoms with Gasteiger partial charge in [-0.2, -0.15) is 0 Å². The Hall–Kier alpha value is -1.58. The molecule has 2 aliphatic heterocycles. The number of benzene rings is 2. The van der Waals surface area contributed by atoms with E-state index in [0.29, 0.717) is 0 Å². The maximum absolute atomic E-state index is 6.18. The second-order valence-corrected chi connectivity index (χ2v) is 9.94. The molecule has 0 N–H and O–H groups in total. The van der Waals surface area contributed by atoms with E-state index in [1.54, 1.807) is 0 Å². The molecular weight excluding hydrogens is 384 g/mol. The van der Waals surface area contributed by atoms with Gasteiger partial charge in [0.05, 0.1) is 0 Å². The van der Waals surface area contributed by atoms with Gasteiger partial charge in [0.2, 0.25) is 0 Å². The lowest BCUT2D eigenvalue weighted by Gasteiger charge is -2.51. The zero-order chi connectivity index (χ0) is 20.1. The number of halogens is 1. The fourth-order valence-electron chi connectivity index (χ4n) is 4.99. The first-order chi connectivity index (χ1) is 13.2. The van der Waals surface area contributed by atoms with Crippen molar-refractivity contribution in [2.75, 3.05) is 25.0 Å². The minimum Gasteiger partial charge on any atom is -0.369 e. The van der Waals surface area contributed by atoms with Gasteiger partial charge in [0.15, 0.2) is 0 Å². The lowest BCUT2D eigenvalue weighted by molar-refractivity contribution is 0.335. The highest BCUT2D eigenvalue weighted by molar-refractivity contribution is 7.80. The Morgan fingerprint density at radius 2 is 1.64 bits per heavy atom. The number of fused-ring (bicyclic) bond motifs is 1. The second-order valence-electron chi connectivity index (χ2n) is 9.12. The molecule has 1 atom stereocenters. The fraction of sp³-hybridized carbons (Fsp3) is 0.458. The summed E-state index contributed by atoms with van der Waals surface area (Å²) in [6.45, 7) is 9.18. The average Bonchev–Trinajstić information content (AvgIpc) is 3.20. The van der Waals surface area contributed by atoms with E-state index in [1.807, 2.05) is 12.1 Å². The van der Waals surface area contributed by atoms with Crippen LogP contribution in [0.4, 0.5) is 5.69 Å². The lowest BCUT2D eigenvalue weighted by Crippen LogP contribution is -2.51. The van der Waals surface area contributed by atoms with Gasteiger partial charge in [-0.25, -0.2) is 0 Å². The highest BCUT2D eigenvalue weighted by Crippen LogP contribution is 2.50. The molecule has 2 aromatic rings. The summed E-state index contributed by atoms with van der Waals surface area (Å²) < 4.78 is 0. The monoisotopic (exact) mass is 412 g/mol. The summed E-state index contributed by atoms with van der Waals surface area (Å²) in [5, 5.41) is 0.781. The molecule has 148 valence electrons. The first-order valence-electron chi connectivity index (χ1n) is 10.2. The largest absolute Gasteiger partial charge is 0.369 e. The van der Waals surface area contributed by atoms with Crippen molar-refractivity contribution in [3.63, 3.8) is 0 Å². The van der Waals surface area contributed by atoms with Crippen molar-refractivity contribution >= 4 is 34.5 Å². The van der Waals surface area contributed by atoms with Crippen molar-refractivity contribution in [2.24, 2.45) is 0 Å². The van der Waals surface area contributed by atoms with E-state index in [-0.39, 0.29) is 11.0 Å². The molecule has 0 spiro atoms. The van der Waals surface area contributed by atoms with Crippen molar-refractivity contribution < 1.29 is 0 Å². The van der Waals surface area contributed by atoms with Crippen LogP contribution >= 0.6 is 23.8 Å². The Morgan fingerprint density at radius 3 is 2.29 bits per heavy atom. The van der Waals surface area contributed by atoms with Crippen LogP contribution in [-0.4, -0.2) is 35.6 Å². The van der Waals surface area contributed by atoms with Gasteiger partial charge in [-0.1, -0.05) is 42.9 Å². The molecule has 4 rings (SSSR count). The van der Waals surface area contributed by atoms with E-state index in [1.165, 1.54) is 35.2 Å². The Kier molecular flexibility index (Phi) is 4.96. The molecule has 2 heterocycles. The lowest BCUT2D eigenvalue weighted by atomic mass is 9.65. The molecule has 0 aromatic heterocycles. The zero-order valence-electron chi connectivity index (χ0n) is 17.3. The summed E-state index contributed by atoms with van der Waals surface area (Å²) in [4.78, 5) is 5.77. The average molecular weight is 413 g/mol. The number of thiocarbonyl (C=S) groups is 1. The van der Waals surface area contributed by atoms with E-state index >= 15 is 0 Å². The number of anilines is 1. The maximum Gasteiger partial charge on any atom is 0.109 e. The smallest absolute Gasteiger partial charge is 0.109 e. The maximum atomic E-state index is 6.18. The molecule has 0 amide bonds. The number of likely N-dealkylation sites (tertiary alicyclic amines) is 1. The Labute approximate surface area is 179 Å². The van der Waals surface area contributed by atoms with Gasteiger partial charge in [0.1, 0.15) is 4.99 Å². The molecule has 0 aliphatic carbocycles. The van der Waals surface area contributed by atoms with Gasteiger partial charge in [0.25, 0.3) is 0 Å². The van der Waals surface area contributed by atoms with Crippen molar-refractivity contribution in [3.05, 3.63) is 64.2 Å². The van der Waals surface area contributed by atoms with E-state index in [9.17, 15) is 0 Å². The Bertz CT molecular complexity index is 899. The van der Waals surface area contributed by atoms with Crippen LogP contribution in [-0.2, 0) is 5.41 Å². The number of rotatable bonds is 2. The van der Waals surface area contributed by atoms with E-state index in [2.05, 4.69) is 68.0 Å². The van der Waals surface area contributed by atoms with Crippen LogP contribution in [0, 0.1) is 0 Å². The summed E-state index contributed by atoms with van der Waals surface area (Å²) in [6, 6.07) is 15.2. The van der Waals surface area contributed by atoms with Gasteiger partial charge >= 0.3 is 0 Å². The van der Waals surface area contributed by atoms with Crippen molar-refractivity contribution in [3.8, 4) is 0 Å².